The van der Waals surface area contributed by atoms with Crippen molar-refractivity contribution in [2.75, 3.05) is 12.4 Å². The van der Waals surface area contributed by atoms with E-state index in [1.54, 1.807) is 7.11 Å². The van der Waals surface area contributed by atoms with Crippen LogP contribution >= 0.6 is 27.5 Å². The Labute approximate surface area is 118 Å². The number of rotatable bonds is 3. The molecule has 0 aliphatic heterocycles. The van der Waals surface area contributed by atoms with Gasteiger partial charge in [-0.1, -0.05) is 11.6 Å². The molecule has 0 aliphatic rings. The number of benzene rings is 1. The van der Waals surface area contributed by atoms with Crippen LogP contribution in [-0.2, 0) is 0 Å². The Bertz CT molecular complexity index is 577. The van der Waals surface area contributed by atoms with Crippen LogP contribution in [0.15, 0.2) is 29.0 Å². The number of aryl methyl sites for hydroxylation is 1. The molecule has 1 aromatic carbocycles. The average Bonchev–Trinajstić information content (AvgIpc) is 2.35. The van der Waals surface area contributed by atoms with E-state index < -0.39 is 0 Å². The average molecular weight is 329 g/mol. The number of methoxy groups -OCH3 is 1. The van der Waals surface area contributed by atoms with Gasteiger partial charge < -0.3 is 10.1 Å². The topological polar surface area (TPSA) is 47.0 Å². The fraction of sp³-hybridized carbons (Fsp3) is 0.167. The Kier molecular flexibility index (Phi) is 4.04. The number of nitrogens with one attached hydrogen (secondary N) is 1. The van der Waals surface area contributed by atoms with E-state index in [0.717, 1.165) is 17.0 Å². The minimum atomic E-state index is 0.373. The van der Waals surface area contributed by atoms with E-state index in [-0.39, 0.29) is 0 Å². The smallest absolute Gasteiger partial charge is 0.149 e. The lowest BCUT2D eigenvalue weighted by Gasteiger charge is -2.10. The molecule has 2 aromatic rings. The number of aromatic nitrogens is 2. The molecule has 0 spiro atoms. The summed E-state index contributed by atoms with van der Waals surface area (Å²) in [5, 5.41) is 3.54. The summed E-state index contributed by atoms with van der Waals surface area (Å²) >= 11 is 9.24. The zero-order valence-electron chi connectivity index (χ0n) is 9.87. The first-order valence-electron chi connectivity index (χ1n) is 5.19. The fourth-order valence-corrected chi connectivity index (χ4v) is 1.97. The van der Waals surface area contributed by atoms with Gasteiger partial charge in [-0.05, 0) is 46.6 Å². The minimum Gasteiger partial charge on any atom is -0.496 e. The Morgan fingerprint density at radius 1 is 1.33 bits per heavy atom. The predicted octanol–water partition coefficient (Wildman–Crippen LogP) is 3.95. The van der Waals surface area contributed by atoms with Gasteiger partial charge in [0.05, 0.1) is 11.6 Å². The van der Waals surface area contributed by atoms with Crippen LogP contribution in [0, 0.1) is 6.92 Å². The summed E-state index contributed by atoms with van der Waals surface area (Å²) < 4.78 is 5.85. The van der Waals surface area contributed by atoms with Crippen LogP contribution in [0.1, 0.15) is 5.56 Å². The van der Waals surface area contributed by atoms with Crippen molar-refractivity contribution in [1.82, 2.24) is 9.97 Å². The lowest BCUT2D eigenvalue weighted by molar-refractivity contribution is 0.412. The Balaban J connectivity index is 2.29. The van der Waals surface area contributed by atoms with Crippen LogP contribution in [0.2, 0.25) is 5.15 Å². The van der Waals surface area contributed by atoms with E-state index in [0.29, 0.717) is 15.4 Å². The Hall–Kier alpha value is -1.33. The maximum Gasteiger partial charge on any atom is 0.149 e. The van der Waals surface area contributed by atoms with Crippen LogP contribution in [0.25, 0.3) is 0 Å². The molecule has 0 aliphatic carbocycles. The zero-order valence-corrected chi connectivity index (χ0v) is 12.2. The fourth-order valence-electron chi connectivity index (χ4n) is 1.53. The maximum absolute atomic E-state index is 5.90. The molecular weight excluding hydrogens is 318 g/mol. The van der Waals surface area contributed by atoms with Crippen molar-refractivity contribution in [2.45, 2.75) is 6.92 Å². The highest BCUT2D eigenvalue weighted by Crippen LogP contribution is 2.30. The van der Waals surface area contributed by atoms with Crippen LogP contribution < -0.4 is 10.1 Å². The van der Waals surface area contributed by atoms with Crippen LogP contribution in [0.4, 0.5) is 11.5 Å². The van der Waals surface area contributed by atoms with Gasteiger partial charge in [0.15, 0.2) is 0 Å². The highest BCUT2D eigenvalue weighted by atomic mass is 79.9. The maximum atomic E-state index is 5.90. The lowest BCUT2D eigenvalue weighted by Crippen LogP contribution is -1.97. The molecule has 1 aromatic heterocycles. The summed E-state index contributed by atoms with van der Waals surface area (Å²) in [6.07, 6.45) is 1.41. The Morgan fingerprint density at radius 2 is 2.11 bits per heavy atom. The molecule has 2 rings (SSSR count). The van der Waals surface area contributed by atoms with Crippen LogP contribution in [0.3, 0.4) is 0 Å². The summed E-state index contributed by atoms with van der Waals surface area (Å²) in [5.41, 5.74) is 1.95. The molecule has 0 bridgehead atoms. The molecule has 1 N–H and O–H groups in total. The van der Waals surface area contributed by atoms with Gasteiger partial charge in [0.1, 0.15) is 23.0 Å². The number of hydrogen-bond acceptors (Lipinski definition) is 4. The molecule has 0 unspecified atom stereocenters. The van der Waals surface area contributed by atoms with Crippen molar-refractivity contribution < 1.29 is 4.74 Å². The van der Waals surface area contributed by atoms with Crippen molar-refractivity contribution in [3.8, 4) is 5.75 Å². The molecule has 0 fully saturated rings. The van der Waals surface area contributed by atoms with Gasteiger partial charge >= 0.3 is 0 Å². The van der Waals surface area contributed by atoms with Crippen molar-refractivity contribution in [2.24, 2.45) is 0 Å². The van der Waals surface area contributed by atoms with Gasteiger partial charge in [-0.3, -0.25) is 0 Å². The van der Waals surface area contributed by atoms with Gasteiger partial charge in [0, 0.05) is 5.69 Å². The highest BCUT2D eigenvalue weighted by molar-refractivity contribution is 9.10. The third-order valence-electron chi connectivity index (χ3n) is 2.40. The largest absolute Gasteiger partial charge is 0.496 e. The quantitative estimate of drug-likeness (QED) is 0.867. The predicted molar refractivity (Wildman–Crippen MR) is 75.8 cm³/mol. The number of halogens is 2. The van der Waals surface area contributed by atoms with E-state index in [4.69, 9.17) is 16.3 Å². The van der Waals surface area contributed by atoms with Gasteiger partial charge in [0.25, 0.3) is 0 Å². The molecule has 1 heterocycles. The zero-order chi connectivity index (χ0) is 13.1. The first kappa shape index (κ1) is 13.1. The molecule has 0 saturated carbocycles. The monoisotopic (exact) mass is 327 g/mol. The molecule has 4 nitrogen and oxygen atoms in total. The summed E-state index contributed by atoms with van der Waals surface area (Å²) in [6, 6.07) is 5.78. The molecule has 0 amide bonds. The summed E-state index contributed by atoms with van der Waals surface area (Å²) in [7, 11) is 1.65. The number of ether oxygens (including phenoxy) is 1. The highest BCUT2D eigenvalue weighted by Gasteiger charge is 2.07. The molecule has 0 saturated heterocycles. The standard InChI is InChI=1S/C12H11BrClN3O/c1-7-5-8(3-4-9(7)18-2)17-12-10(13)11(14)15-6-16-12/h3-6H,1-2H3,(H,15,16,17). The lowest BCUT2D eigenvalue weighted by atomic mass is 10.2. The van der Waals surface area contributed by atoms with Crippen molar-refractivity contribution in [1.29, 1.82) is 0 Å². The van der Waals surface area contributed by atoms with Gasteiger partial charge in [-0.15, -0.1) is 0 Å². The first-order chi connectivity index (χ1) is 8.61. The first-order valence-corrected chi connectivity index (χ1v) is 6.36. The third kappa shape index (κ3) is 2.73. The molecular formula is C12H11BrClN3O. The second-order valence-corrected chi connectivity index (χ2v) is 4.79. The van der Waals surface area contributed by atoms with E-state index >= 15 is 0 Å². The second kappa shape index (κ2) is 5.54. The molecule has 18 heavy (non-hydrogen) atoms. The van der Waals surface area contributed by atoms with E-state index in [1.807, 2.05) is 25.1 Å². The van der Waals surface area contributed by atoms with E-state index in [2.05, 4.69) is 31.2 Å². The Morgan fingerprint density at radius 3 is 2.78 bits per heavy atom. The molecule has 0 radical (unpaired) electrons. The second-order valence-electron chi connectivity index (χ2n) is 3.64. The van der Waals surface area contributed by atoms with Gasteiger partial charge in [-0.2, -0.15) is 0 Å². The molecule has 94 valence electrons. The van der Waals surface area contributed by atoms with Crippen molar-refractivity contribution in [3.05, 3.63) is 39.7 Å². The van der Waals surface area contributed by atoms with Crippen LogP contribution in [0.5, 0.6) is 5.75 Å². The normalized spacial score (nSPS) is 10.2. The minimum absolute atomic E-state index is 0.373. The summed E-state index contributed by atoms with van der Waals surface area (Å²) in [6.45, 7) is 1.98. The SMILES string of the molecule is COc1ccc(Nc2ncnc(Cl)c2Br)cc1C. The van der Waals surface area contributed by atoms with Crippen molar-refractivity contribution in [3.63, 3.8) is 0 Å². The summed E-state index contributed by atoms with van der Waals surface area (Å²) in [5.74, 6) is 1.47. The van der Waals surface area contributed by atoms with Gasteiger partial charge in [-0.25, -0.2) is 9.97 Å². The number of nitrogens with zero attached hydrogens (tertiary/aromatic N) is 2. The van der Waals surface area contributed by atoms with E-state index in [9.17, 15) is 0 Å². The molecule has 0 atom stereocenters. The number of anilines is 2. The van der Waals surface area contributed by atoms with Crippen LogP contribution in [-0.4, -0.2) is 17.1 Å². The molecule has 6 heteroatoms. The van der Waals surface area contributed by atoms with E-state index in [1.165, 1.54) is 6.33 Å². The summed E-state index contributed by atoms with van der Waals surface area (Å²) in [4.78, 5) is 8.00. The number of hydrogen-bond donors (Lipinski definition) is 1. The third-order valence-corrected chi connectivity index (χ3v) is 3.67. The van der Waals surface area contributed by atoms with Crippen molar-refractivity contribution >= 4 is 39.0 Å². The van der Waals surface area contributed by atoms with Gasteiger partial charge in [0.2, 0.25) is 0 Å².